The average Bonchev–Trinajstić information content (AvgIpc) is 2.77. The van der Waals surface area contributed by atoms with Crippen LogP contribution in [0.2, 0.25) is 0 Å². The molecular formula is C14H16N2O5S. The van der Waals surface area contributed by atoms with Crippen molar-refractivity contribution in [1.29, 1.82) is 0 Å². The van der Waals surface area contributed by atoms with Crippen LogP contribution in [0.4, 0.5) is 0 Å². The number of carbonyl (C=O) groups excluding carboxylic acids is 1. The number of hydrogen-bond acceptors (Lipinski definition) is 5. The SMILES string of the molecule is COc1c(S(C)(=O)=O)ccc(C(=O)c2c[nH]n(C)c2=O)c1C. The normalized spacial score (nSPS) is 11.5. The second-order valence-electron chi connectivity index (χ2n) is 4.92. The fourth-order valence-electron chi connectivity index (χ4n) is 2.23. The van der Waals surface area contributed by atoms with Crippen LogP contribution in [-0.4, -0.2) is 37.3 Å². The molecule has 1 N–H and O–H groups in total. The molecule has 0 aliphatic carbocycles. The first-order valence-electron chi connectivity index (χ1n) is 6.35. The summed E-state index contributed by atoms with van der Waals surface area (Å²) < 4.78 is 29.8. The van der Waals surface area contributed by atoms with Crippen molar-refractivity contribution in [2.45, 2.75) is 11.8 Å². The van der Waals surface area contributed by atoms with E-state index < -0.39 is 21.2 Å². The molecule has 8 heteroatoms. The lowest BCUT2D eigenvalue weighted by molar-refractivity contribution is 0.103. The van der Waals surface area contributed by atoms with Crippen LogP contribution in [0.15, 0.2) is 28.0 Å². The van der Waals surface area contributed by atoms with Gasteiger partial charge in [0.2, 0.25) is 5.78 Å². The second kappa shape index (κ2) is 5.45. The van der Waals surface area contributed by atoms with Crippen molar-refractivity contribution in [2.75, 3.05) is 13.4 Å². The maximum atomic E-state index is 12.5. The number of aryl methyl sites for hydroxylation is 1. The fourth-order valence-corrected chi connectivity index (χ4v) is 3.12. The summed E-state index contributed by atoms with van der Waals surface area (Å²) >= 11 is 0. The number of carbonyl (C=O) groups is 1. The van der Waals surface area contributed by atoms with Crippen LogP contribution in [0.5, 0.6) is 5.75 Å². The highest BCUT2D eigenvalue weighted by molar-refractivity contribution is 7.90. The number of ketones is 1. The van der Waals surface area contributed by atoms with Crippen molar-refractivity contribution in [3.8, 4) is 5.75 Å². The predicted octanol–water partition coefficient (Wildman–Crippen LogP) is 0.665. The Labute approximate surface area is 127 Å². The van der Waals surface area contributed by atoms with E-state index in [0.717, 1.165) is 6.26 Å². The molecule has 2 aromatic rings. The van der Waals surface area contributed by atoms with Crippen LogP contribution in [0.1, 0.15) is 21.5 Å². The van der Waals surface area contributed by atoms with Crippen molar-refractivity contribution in [3.05, 3.63) is 45.4 Å². The Kier molecular flexibility index (Phi) is 3.97. The Morgan fingerprint density at radius 2 is 1.91 bits per heavy atom. The highest BCUT2D eigenvalue weighted by atomic mass is 32.2. The zero-order chi connectivity index (χ0) is 16.7. The molecule has 0 fully saturated rings. The molecule has 0 saturated heterocycles. The van der Waals surface area contributed by atoms with Crippen LogP contribution < -0.4 is 10.3 Å². The number of H-pyrrole nitrogens is 1. The fraction of sp³-hybridized carbons (Fsp3) is 0.286. The molecule has 22 heavy (non-hydrogen) atoms. The van der Waals surface area contributed by atoms with Gasteiger partial charge in [-0.3, -0.25) is 14.3 Å². The zero-order valence-corrected chi connectivity index (χ0v) is 13.4. The number of nitrogens with one attached hydrogen (secondary N) is 1. The van der Waals surface area contributed by atoms with Gasteiger partial charge in [-0.2, -0.15) is 0 Å². The molecule has 0 amide bonds. The van der Waals surface area contributed by atoms with E-state index in [0.29, 0.717) is 5.56 Å². The van der Waals surface area contributed by atoms with E-state index in [1.165, 1.54) is 37.2 Å². The number of aromatic nitrogens is 2. The molecular weight excluding hydrogens is 308 g/mol. The number of nitrogens with zero attached hydrogens (tertiary/aromatic N) is 1. The number of sulfone groups is 1. The number of methoxy groups -OCH3 is 1. The van der Waals surface area contributed by atoms with Gasteiger partial charge < -0.3 is 9.84 Å². The molecule has 0 unspecified atom stereocenters. The Morgan fingerprint density at radius 3 is 2.36 bits per heavy atom. The topological polar surface area (TPSA) is 98.2 Å². The van der Waals surface area contributed by atoms with Crippen molar-refractivity contribution >= 4 is 15.6 Å². The summed E-state index contributed by atoms with van der Waals surface area (Å²) in [6, 6.07) is 2.70. The Balaban J connectivity index is 2.66. The molecule has 0 aliphatic heterocycles. The van der Waals surface area contributed by atoms with Gasteiger partial charge in [0.25, 0.3) is 5.56 Å². The lowest BCUT2D eigenvalue weighted by Gasteiger charge is -2.13. The minimum Gasteiger partial charge on any atom is -0.495 e. The van der Waals surface area contributed by atoms with E-state index in [1.807, 2.05) is 0 Å². The van der Waals surface area contributed by atoms with Gasteiger partial charge in [0.15, 0.2) is 9.84 Å². The largest absolute Gasteiger partial charge is 0.495 e. The van der Waals surface area contributed by atoms with E-state index >= 15 is 0 Å². The Morgan fingerprint density at radius 1 is 1.27 bits per heavy atom. The molecule has 1 aromatic heterocycles. The molecule has 0 bridgehead atoms. The average molecular weight is 324 g/mol. The summed E-state index contributed by atoms with van der Waals surface area (Å²) in [7, 11) is -0.654. The van der Waals surface area contributed by atoms with Gasteiger partial charge in [-0.15, -0.1) is 0 Å². The van der Waals surface area contributed by atoms with E-state index in [2.05, 4.69) is 5.10 Å². The van der Waals surface area contributed by atoms with Crippen molar-refractivity contribution in [2.24, 2.45) is 7.05 Å². The van der Waals surface area contributed by atoms with E-state index in [9.17, 15) is 18.0 Å². The van der Waals surface area contributed by atoms with Crippen LogP contribution in [-0.2, 0) is 16.9 Å². The van der Waals surface area contributed by atoms with E-state index in [1.54, 1.807) is 6.92 Å². The Bertz CT molecular complexity index is 906. The summed E-state index contributed by atoms with van der Waals surface area (Å²) in [5.74, 6) is -0.376. The van der Waals surface area contributed by atoms with Crippen molar-refractivity contribution < 1.29 is 17.9 Å². The third kappa shape index (κ3) is 2.57. The number of rotatable bonds is 4. The first-order chi connectivity index (χ1) is 10.2. The standard InChI is InChI=1S/C14H16N2O5S/c1-8-9(12(17)10-7-15-16(2)14(10)18)5-6-11(13(8)21-3)22(4,19)20/h5-7,15H,1-4H3. The Hall–Kier alpha value is -2.35. The van der Waals surface area contributed by atoms with Gasteiger partial charge in [0.05, 0.1) is 7.11 Å². The molecule has 0 atom stereocenters. The zero-order valence-electron chi connectivity index (χ0n) is 12.6. The van der Waals surface area contributed by atoms with Gasteiger partial charge in [0, 0.05) is 30.6 Å². The highest BCUT2D eigenvalue weighted by Crippen LogP contribution is 2.30. The molecule has 0 saturated carbocycles. The molecule has 118 valence electrons. The second-order valence-corrected chi connectivity index (χ2v) is 6.91. The molecule has 7 nitrogen and oxygen atoms in total. The first kappa shape index (κ1) is 16.0. The first-order valence-corrected chi connectivity index (χ1v) is 8.24. The number of hydrogen-bond donors (Lipinski definition) is 1. The van der Waals surface area contributed by atoms with Crippen molar-refractivity contribution in [1.82, 2.24) is 9.78 Å². The van der Waals surface area contributed by atoms with Crippen LogP contribution in [0.3, 0.4) is 0 Å². The molecule has 2 rings (SSSR count). The molecule has 1 aromatic carbocycles. The third-order valence-corrected chi connectivity index (χ3v) is 4.52. The van der Waals surface area contributed by atoms with E-state index in [-0.39, 0.29) is 21.8 Å². The van der Waals surface area contributed by atoms with Gasteiger partial charge >= 0.3 is 0 Å². The minimum atomic E-state index is -3.49. The van der Waals surface area contributed by atoms with E-state index in [4.69, 9.17) is 4.74 Å². The number of benzene rings is 1. The van der Waals surface area contributed by atoms with Crippen molar-refractivity contribution in [3.63, 3.8) is 0 Å². The quantitative estimate of drug-likeness (QED) is 0.833. The molecule has 0 radical (unpaired) electrons. The van der Waals surface area contributed by atoms with Gasteiger partial charge in [0.1, 0.15) is 16.2 Å². The van der Waals surface area contributed by atoms with Crippen LogP contribution in [0, 0.1) is 6.92 Å². The summed E-state index contributed by atoms with van der Waals surface area (Å²) in [5.41, 5.74) is 0.134. The molecule has 1 heterocycles. The number of ether oxygens (including phenoxy) is 1. The highest BCUT2D eigenvalue weighted by Gasteiger charge is 2.23. The summed E-state index contributed by atoms with van der Waals surface area (Å²) in [4.78, 5) is 24.4. The lowest BCUT2D eigenvalue weighted by Crippen LogP contribution is -2.20. The summed E-state index contributed by atoms with van der Waals surface area (Å²) in [5, 5.41) is 2.63. The monoisotopic (exact) mass is 324 g/mol. The maximum absolute atomic E-state index is 12.5. The summed E-state index contributed by atoms with van der Waals surface area (Å²) in [6.45, 7) is 1.58. The maximum Gasteiger partial charge on any atom is 0.277 e. The molecule has 0 aliphatic rings. The third-order valence-electron chi connectivity index (χ3n) is 3.40. The molecule has 0 spiro atoms. The minimum absolute atomic E-state index is 0.00558. The predicted molar refractivity (Wildman–Crippen MR) is 80.3 cm³/mol. The smallest absolute Gasteiger partial charge is 0.277 e. The van der Waals surface area contributed by atoms with Crippen LogP contribution >= 0.6 is 0 Å². The van der Waals surface area contributed by atoms with Gasteiger partial charge in [-0.25, -0.2) is 8.42 Å². The van der Waals surface area contributed by atoms with Gasteiger partial charge in [-0.05, 0) is 19.1 Å². The van der Waals surface area contributed by atoms with Crippen LogP contribution in [0.25, 0.3) is 0 Å². The number of aromatic amines is 1. The summed E-state index contributed by atoms with van der Waals surface area (Å²) in [6.07, 6.45) is 2.38. The van der Waals surface area contributed by atoms with Gasteiger partial charge in [-0.1, -0.05) is 0 Å². The lowest BCUT2D eigenvalue weighted by atomic mass is 10.0.